The molecule has 0 saturated carbocycles. The molecule has 0 bridgehead atoms. The van der Waals surface area contributed by atoms with Crippen molar-refractivity contribution in [3.05, 3.63) is 88.2 Å². The monoisotopic (exact) mass is 653 g/mol. The lowest BCUT2D eigenvalue weighted by Crippen LogP contribution is -2.47. The Bertz CT molecular complexity index is 1660. The summed E-state index contributed by atoms with van der Waals surface area (Å²) in [6.07, 6.45) is -3.07. The van der Waals surface area contributed by atoms with E-state index in [9.17, 15) is 30.8 Å². The molecule has 1 aliphatic heterocycles. The van der Waals surface area contributed by atoms with Gasteiger partial charge in [-0.25, -0.2) is 12.8 Å². The number of benzene rings is 3. The fourth-order valence-electron chi connectivity index (χ4n) is 5.01. The molecule has 3 aromatic carbocycles. The maximum absolute atomic E-state index is 14.6. The molecule has 1 heterocycles. The molecule has 13 heteroatoms. The van der Waals surface area contributed by atoms with Gasteiger partial charge in [-0.3, -0.25) is 14.0 Å². The summed E-state index contributed by atoms with van der Waals surface area (Å²) in [5.41, 5.74) is 0.927. The highest BCUT2D eigenvalue weighted by molar-refractivity contribution is 7.92. The second-order valence-corrected chi connectivity index (χ2v) is 12.7. The van der Waals surface area contributed by atoms with Crippen LogP contribution in [0.2, 0.25) is 5.02 Å². The Hall–Kier alpha value is -3.61. The lowest BCUT2D eigenvalue weighted by molar-refractivity contribution is -0.145. The number of sulfonamides is 1. The van der Waals surface area contributed by atoms with Crippen LogP contribution in [-0.2, 0) is 25.7 Å². The molecule has 7 nitrogen and oxygen atoms in total. The highest BCUT2D eigenvalue weighted by atomic mass is 35.5. The number of hydrogen-bond donors (Lipinski definition) is 0. The second kappa shape index (κ2) is 13.2. The van der Waals surface area contributed by atoms with Crippen LogP contribution in [0.25, 0.3) is 11.6 Å². The van der Waals surface area contributed by atoms with E-state index in [1.807, 2.05) is 4.90 Å². The fourth-order valence-corrected chi connectivity index (χ4v) is 6.83. The zero-order valence-electron chi connectivity index (χ0n) is 24.5. The van der Waals surface area contributed by atoms with Crippen LogP contribution in [0.3, 0.4) is 0 Å². The number of rotatable bonds is 9. The van der Waals surface area contributed by atoms with E-state index in [4.69, 9.17) is 16.3 Å². The van der Waals surface area contributed by atoms with Crippen molar-refractivity contribution in [3.8, 4) is 0 Å². The average Bonchev–Trinajstić information content (AvgIpc) is 2.98. The van der Waals surface area contributed by atoms with E-state index < -0.39 is 44.5 Å². The van der Waals surface area contributed by atoms with Crippen LogP contribution in [0.1, 0.15) is 30.5 Å². The second-order valence-electron chi connectivity index (χ2n) is 10.4. The molecular formula is C31H32ClF4N3O4S. The number of likely N-dealkylation sites (N-methyl/N-ethyl adjacent to an activating group) is 1. The first-order valence-electron chi connectivity index (χ1n) is 13.6. The highest BCUT2D eigenvalue weighted by Gasteiger charge is 2.36. The van der Waals surface area contributed by atoms with Crippen LogP contribution in [0.5, 0.6) is 0 Å². The molecule has 0 radical (unpaired) electrons. The molecule has 0 saturated heterocycles. The molecular weight excluding hydrogens is 622 g/mol. The number of methoxy groups -OCH3 is 1. The average molecular weight is 654 g/mol. The molecule has 4 rings (SSSR count). The minimum atomic E-state index is -4.72. The molecule has 0 N–H and O–H groups in total. The van der Waals surface area contributed by atoms with Gasteiger partial charge in [-0.15, -0.1) is 0 Å². The third kappa shape index (κ3) is 7.03. The van der Waals surface area contributed by atoms with E-state index in [2.05, 4.69) is 0 Å². The highest BCUT2D eigenvalue weighted by Crippen LogP contribution is 2.39. The van der Waals surface area contributed by atoms with Crippen molar-refractivity contribution in [2.75, 3.05) is 49.5 Å². The first-order valence-corrected chi connectivity index (χ1v) is 15.5. The molecule has 236 valence electrons. The number of carbonyl (C=O) groups is 1. The minimum absolute atomic E-state index is 0.0485. The molecule has 1 aliphatic rings. The van der Waals surface area contributed by atoms with Crippen LogP contribution < -0.4 is 9.21 Å². The number of nitrogens with zero attached hydrogens (tertiary/aromatic N) is 3. The van der Waals surface area contributed by atoms with Crippen LogP contribution in [-0.4, -0.2) is 65.7 Å². The zero-order chi connectivity index (χ0) is 32.4. The Kier molecular flexibility index (Phi) is 9.96. The summed E-state index contributed by atoms with van der Waals surface area (Å²) in [6, 6.07) is 12.5. The van der Waals surface area contributed by atoms with Gasteiger partial charge in [-0.1, -0.05) is 35.9 Å². The predicted octanol–water partition coefficient (Wildman–Crippen LogP) is 6.57. The van der Waals surface area contributed by atoms with Gasteiger partial charge in [0.25, 0.3) is 10.0 Å². The van der Waals surface area contributed by atoms with Gasteiger partial charge in [0.05, 0.1) is 40.5 Å². The Balaban J connectivity index is 1.76. The Morgan fingerprint density at radius 1 is 1.09 bits per heavy atom. The Labute approximate surface area is 259 Å². The number of fused-ring (bicyclic) bond motifs is 1. The van der Waals surface area contributed by atoms with Gasteiger partial charge in [0.2, 0.25) is 0 Å². The summed E-state index contributed by atoms with van der Waals surface area (Å²) in [4.78, 5) is 15.2. The first-order chi connectivity index (χ1) is 20.6. The Morgan fingerprint density at radius 3 is 2.45 bits per heavy atom. The van der Waals surface area contributed by atoms with Gasteiger partial charge >= 0.3 is 12.1 Å². The van der Waals surface area contributed by atoms with Gasteiger partial charge in [0.1, 0.15) is 11.9 Å². The van der Waals surface area contributed by atoms with Gasteiger partial charge in [0, 0.05) is 25.2 Å². The smallest absolute Gasteiger partial charge is 0.416 e. The summed E-state index contributed by atoms with van der Waals surface area (Å²) in [7, 11) is -1.35. The van der Waals surface area contributed by atoms with Crippen molar-refractivity contribution in [2.24, 2.45) is 0 Å². The Morgan fingerprint density at radius 2 is 1.80 bits per heavy atom. The first kappa shape index (κ1) is 33.3. The van der Waals surface area contributed by atoms with Crippen molar-refractivity contribution in [3.63, 3.8) is 0 Å². The summed E-state index contributed by atoms with van der Waals surface area (Å²) in [6.45, 7) is 4.43. The van der Waals surface area contributed by atoms with Crippen LogP contribution in [0.15, 0.2) is 65.6 Å². The summed E-state index contributed by atoms with van der Waals surface area (Å²) >= 11 is 6.24. The van der Waals surface area contributed by atoms with Crippen molar-refractivity contribution in [1.29, 1.82) is 0 Å². The summed E-state index contributed by atoms with van der Waals surface area (Å²) < 4.78 is 88.5. The lowest BCUT2D eigenvalue weighted by atomic mass is 10.0. The molecule has 0 spiro atoms. The molecule has 0 amide bonds. The quantitative estimate of drug-likeness (QED) is 0.148. The van der Waals surface area contributed by atoms with Gasteiger partial charge < -0.3 is 9.64 Å². The minimum Gasteiger partial charge on any atom is -0.468 e. The van der Waals surface area contributed by atoms with E-state index in [-0.39, 0.29) is 29.4 Å². The molecule has 3 aromatic rings. The van der Waals surface area contributed by atoms with Crippen LogP contribution in [0, 0.1) is 5.82 Å². The third-order valence-electron chi connectivity index (χ3n) is 7.60. The number of carbonyl (C=O) groups excluding carboxylic acids is 1. The number of halogens is 5. The summed E-state index contributed by atoms with van der Waals surface area (Å²) in [5, 5.41) is 0.210. The number of esters is 1. The number of anilines is 2. The third-order valence-corrected chi connectivity index (χ3v) is 9.72. The largest absolute Gasteiger partial charge is 0.468 e. The van der Waals surface area contributed by atoms with E-state index in [0.29, 0.717) is 36.0 Å². The van der Waals surface area contributed by atoms with Crippen LogP contribution >= 0.6 is 11.6 Å². The van der Waals surface area contributed by atoms with E-state index in [1.54, 1.807) is 56.1 Å². The maximum atomic E-state index is 14.6. The van der Waals surface area contributed by atoms with Crippen molar-refractivity contribution >= 4 is 50.6 Å². The molecule has 1 atom stereocenters. The van der Waals surface area contributed by atoms with Crippen molar-refractivity contribution in [2.45, 2.75) is 31.0 Å². The maximum Gasteiger partial charge on any atom is 0.416 e. The fraction of sp³-hybridized carbons (Fsp3) is 0.323. The standard InChI is InChI=1S/C31H32ClF4N3O4S/c1-20(29-25(32)9-6-10-26(29)33)17-22-11-12-27-28(18-22)39(16-15-38(27)14-13-37(3)21(2)30(40)43-4)44(41,42)24-8-5-7-23(19-24)31(34,35)36/h5-12,17-19,21H,13-16H2,1-4H3/b20-17+. The van der Waals surface area contributed by atoms with Gasteiger partial charge in [-0.2, -0.15) is 13.2 Å². The lowest BCUT2D eigenvalue weighted by Gasteiger charge is -2.39. The molecule has 44 heavy (non-hydrogen) atoms. The van der Waals surface area contributed by atoms with Crippen LogP contribution in [0.4, 0.5) is 28.9 Å². The van der Waals surface area contributed by atoms with Crippen molar-refractivity contribution < 1.29 is 35.5 Å². The van der Waals surface area contributed by atoms with E-state index in [0.717, 1.165) is 22.5 Å². The number of allylic oxidation sites excluding steroid dienone is 1. The number of hydrogen-bond acceptors (Lipinski definition) is 6. The SMILES string of the molecule is COC(=O)C(C)N(C)CCN1CCN(S(=O)(=O)c2cccc(C(F)(F)F)c2)c2cc(/C=C(\C)c3c(F)cccc3Cl)ccc21. The van der Waals surface area contributed by atoms with Gasteiger partial charge in [0.15, 0.2) is 0 Å². The topological polar surface area (TPSA) is 70.2 Å². The molecule has 1 unspecified atom stereocenters. The van der Waals surface area contributed by atoms with Gasteiger partial charge in [-0.05, 0) is 74.5 Å². The normalized spacial score (nSPS) is 14.9. The van der Waals surface area contributed by atoms with Crippen molar-refractivity contribution in [1.82, 2.24) is 4.90 Å². The van der Waals surface area contributed by atoms with E-state index >= 15 is 0 Å². The predicted molar refractivity (Wildman–Crippen MR) is 164 cm³/mol. The molecule has 0 fully saturated rings. The number of alkyl halides is 3. The summed E-state index contributed by atoms with van der Waals surface area (Å²) in [5.74, 6) is -0.916. The zero-order valence-corrected chi connectivity index (χ0v) is 26.1. The van der Waals surface area contributed by atoms with E-state index in [1.165, 1.54) is 19.2 Å². The number of ether oxygens (including phenoxy) is 1. The molecule has 0 aliphatic carbocycles. The molecule has 0 aromatic heterocycles.